The van der Waals surface area contributed by atoms with Crippen LogP contribution in [-0.2, 0) is 0 Å². The number of benzene rings is 2. The fourth-order valence-electron chi connectivity index (χ4n) is 3.49. The summed E-state index contributed by atoms with van der Waals surface area (Å²) in [7, 11) is 0. The minimum atomic E-state index is -0.115. The molecule has 3 aromatic rings. The Labute approximate surface area is 175 Å². The predicted molar refractivity (Wildman–Crippen MR) is 116 cm³/mol. The van der Waals surface area contributed by atoms with E-state index in [9.17, 15) is 10.1 Å². The zero-order chi connectivity index (χ0) is 20.9. The first-order valence-corrected chi connectivity index (χ1v) is 9.85. The molecule has 7 heteroatoms. The molecule has 7 nitrogen and oxygen atoms in total. The van der Waals surface area contributed by atoms with Crippen LogP contribution in [-0.4, -0.2) is 47.2 Å². The van der Waals surface area contributed by atoms with Crippen molar-refractivity contribution in [3.05, 3.63) is 77.5 Å². The van der Waals surface area contributed by atoms with Crippen molar-refractivity contribution in [2.45, 2.75) is 6.92 Å². The molecule has 0 bridgehead atoms. The topological polar surface area (TPSA) is 85.1 Å². The molecule has 30 heavy (non-hydrogen) atoms. The number of piperazine rings is 1. The number of hydrogen-bond donors (Lipinski definition) is 1. The second kappa shape index (κ2) is 8.62. The van der Waals surface area contributed by atoms with E-state index in [0.717, 1.165) is 13.1 Å². The number of para-hydroxylation sites is 1. The van der Waals surface area contributed by atoms with Gasteiger partial charge in [-0.25, -0.2) is 0 Å². The number of aromatic nitrogens is 2. The van der Waals surface area contributed by atoms with E-state index >= 15 is 0 Å². The zero-order valence-electron chi connectivity index (χ0n) is 16.7. The first-order valence-electron chi connectivity index (χ1n) is 9.85. The van der Waals surface area contributed by atoms with Gasteiger partial charge in [0.1, 0.15) is 6.07 Å². The van der Waals surface area contributed by atoms with Gasteiger partial charge >= 0.3 is 0 Å². The summed E-state index contributed by atoms with van der Waals surface area (Å²) in [5.41, 5.74) is 3.91. The van der Waals surface area contributed by atoms with Crippen LogP contribution in [0.3, 0.4) is 0 Å². The van der Waals surface area contributed by atoms with Crippen molar-refractivity contribution in [1.29, 1.82) is 5.26 Å². The normalized spacial score (nSPS) is 13.6. The largest absolute Gasteiger partial charge is 0.368 e. The summed E-state index contributed by atoms with van der Waals surface area (Å²) in [6, 6.07) is 21.1. The van der Waals surface area contributed by atoms with Gasteiger partial charge in [0, 0.05) is 31.9 Å². The monoisotopic (exact) mass is 398 g/mol. The highest BCUT2D eigenvalue weighted by atomic mass is 16.2. The molecule has 1 aliphatic rings. The summed E-state index contributed by atoms with van der Waals surface area (Å²) >= 11 is 0. The third-order valence-corrected chi connectivity index (χ3v) is 5.13. The van der Waals surface area contributed by atoms with E-state index in [-0.39, 0.29) is 5.91 Å². The highest BCUT2D eigenvalue weighted by Gasteiger charge is 2.23. The van der Waals surface area contributed by atoms with E-state index in [0.29, 0.717) is 35.9 Å². The molecule has 0 unspecified atom stereocenters. The molecule has 0 atom stereocenters. The van der Waals surface area contributed by atoms with Crippen LogP contribution in [0.25, 0.3) is 0 Å². The van der Waals surface area contributed by atoms with E-state index < -0.39 is 0 Å². The molecule has 0 saturated carbocycles. The standard InChI is InChI=1S/C23H22N6O/c1-17-5-4-7-19(15-17)28-11-13-29(14-12-28)23(30)21-9-10-22(27-26-21)25-20-8-3-2-6-18(20)16-24/h2-10,15H,11-14H2,1H3,(H,25,27). The first kappa shape index (κ1) is 19.4. The number of carbonyl (C=O) groups is 1. The minimum Gasteiger partial charge on any atom is -0.368 e. The Balaban J connectivity index is 1.38. The van der Waals surface area contributed by atoms with E-state index in [2.05, 4.69) is 57.7 Å². The maximum absolute atomic E-state index is 12.8. The molecular formula is C23H22N6O. The Bertz CT molecular complexity index is 1080. The molecule has 150 valence electrons. The van der Waals surface area contributed by atoms with Gasteiger partial charge in [-0.3, -0.25) is 4.79 Å². The van der Waals surface area contributed by atoms with E-state index in [1.54, 1.807) is 30.3 Å². The van der Waals surface area contributed by atoms with Crippen LogP contribution in [0.5, 0.6) is 0 Å². The quantitative estimate of drug-likeness (QED) is 0.725. The Morgan fingerprint density at radius 3 is 2.50 bits per heavy atom. The van der Waals surface area contributed by atoms with Crippen molar-refractivity contribution < 1.29 is 4.79 Å². The van der Waals surface area contributed by atoms with Crippen LogP contribution in [0.15, 0.2) is 60.7 Å². The van der Waals surface area contributed by atoms with Crippen molar-refractivity contribution in [2.24, 2.45) is 0 Å². The average molecular weight is 398 g/mol. The Kier molecular flexibility index (Phi) is 5.57. The third kappa shape index (κ3) is 4.23. The number of carbonyl (C=O) groups excluding carboxylic acids is 1. The van der Waals surface area contributed by atoms with Gasteiger partial charge in [0.15, 0.2) is 11.5 Å². The van der Waals surface area contributed by atoms with E-state index in [1.165, 1.54) is 11.3 Å². The molecule has 1 aromatic heterocycles. The lowest BCUT2D eigenvalue weighted by Gasteiger charge is -2.36. The molecule has 4 rings (SSSR count). The molecule has 0 spiro atoms. The number of aryl methyl sites for hydroxylation is 1. The lowest BCUT2D eigenvalue weighted by atomic mass is 10.2. The molecule has 1 fully saturated rings. The van der Waals surface area contributed by atoms with Crippen molar-refractivity contribution in [3.63, 3.8) is 0 Å². The Hall–Kier alpha value is -3.92. The molecule has 1 aliphatic heterocycles. The summed E-state index contributed by atoms with van der Waals surface area (Å²) in [6.07, 6.45) is 0. The van der Waals surface area contributed by atoms with Gasteiger partial charge in [-0.15, -0.1) is 10.2 Å². The van der Waals surface area contributed by atoms with Crippen LogP contribution in [0.4, 0.5) is 17.2 Å². The fourth-order valence-corrected chi connectivity index (χ4v) is 3.49. The second-order valence-electron chi connectivity index (χ2n) is 7.20. The Morgan fingerprint density at radius 2 is 1.80 bits per heavy atom. The lowest BCUT2D eigenvalue weighted by Crippen LogP contribution is -2.49. The molecule has 1 N–H and O–H groups in total. The highest BCUT2D eigenvalue weighted by molar-refractivity contribution is 5.92. The summed E-state index contributed by atoms with van der Waals surface area (Å²) in [6.45, 7) is 4.94. The van der Waals surface area contributed by atoms with Gasteiger partial charge in [-0.2, -0.15) is 5.26 Å². The number of amides is 1. The first-order chi connectivity index (χ1) is 14.6. The summed E-state index contributed by atoms with van der Waals surface area (Å²) in [5.74, 6) is 0.369. The zero-order valence-corrected chi connectivity index (χ0v) is 16.7. The second-order valence-corrected chi connectivity index (χ2v) is 7.20. The van der Waals surface area contributed by atoms with Crippen molar-refractivity contribution in [3.8, 4) is 6.07 Å². The van der Waals surface area contributed by atoms with Gasteiger partial charge in [-0.1, -0.05) is 24.3 Å². The number of rotatable bonds is 4. The highest BCUT2D eigenvalue weighted by Crippen LogP contribution is 2.20. The Morgan fingerprint density at radius 1 is 1.00 bits per heavy atom. The maximum atomic E-state index is 12.8. The van der Waals surface area contributed by atoms with Gasteiger partial charge in [-0.05, 0) is 48.9 Å². The lowest BCUT2D eigenvalue weighted by molar-refractivity contribution is 0.0739. The van der Waals surface area contributed by atoms with Crippen LogP contribution in [0, 0.1) is 18.3 Å². The van der Waals surface area contributed by atoms with Crippen LogP contribution in [0.2, 0.25) is 0 Å². The smallest absolute Gasteiger partial charge is 0.274 e. The number of nitriles is 1. The molecule has 2 aromatic carbocycles. The molecule has 1 amide bonds. The average Bonchev–Trinajstić information content (AvgIpc) is 2.79. The minimum absolute atomic E-state index is 0.115. The maximum Gasteiger partial charge on any atom is 0.274 e. The molecule has 0 aliphatic carbocycles. The van der Waals surface area contributed by atoms with Crippen molar-refractivity contribution in [2.75, 3.05) is 36.4 Å². The van der Waals surface area contributed by atoms with Gasteiger partial charge in [0.05, 0.1) is 11.3 Å². The fraction of sp³-hybridized carbons (Fsp3) is 0.217. The third-order valence-electron chi connectivity index (χ3n) is 5.13. The summed E-state index contributed by atoms with van der Waals surface area (Å²) in [4.78, 5) is 16.9. The van der Waals surface area contributed by atoms with Crippen LogP contribution in [0.1, 0.15) is 21.6 Å². The predicted octanol–water partition coefficient (Wildman–Crippen LogP) is 3.36. The summed E-state index contributed by atoms with van der Waals surface area (Å²) < 4.78 is 0. The van der Waals surface area contributed by atoms with E-state index in [1.807, 2.05) is 11.0 Å². The number of anilines is 3. The number of nitrogens with zero attached hydrogens (tertiary/aromatic N) is 5. The number of hydrogen-bond acceptors (Lipinski definition) is 6. The van der Waals surface area contributed by atoms with Gasteiger partial charge in [0.25, 0.3) is 5.91 Å². The van der Waals surface area contributed by atoms with Gasteiger partial charge in [0.2, 0.25) is 0 Å². The van der Waals surface area contributed by atoms with Crippen LogP contribution < -0.4 is 10.2 Å². The van der Waals surface area contributed by atoms with Gasteiger partial charge < -0.3 is 15.1 Å². The van der Waals surface area contributed by atoms with Crippen molar-refractivity contribution in [1.82, 2.24) is 15.1 Å². The molecule has 2 heterocycles. The summed E-state index contributed by atoms with van der Waals surface area (Å²) in [5, 5.41) is 20.5. The molecule has 0 radical (unpaired) electrons. The SMILES string of the molecule is Cc1cccc(N2CCN(C(=O)c3ccc(Nc4ccccc4C#N)nn3)CC2)c1. The van der Waals surface area contributed by atoms with Crippen molar-refractivity contribution >= 4 is 23.1 Å². The molecular weight excluding hydrogens is 376 g/mol. The number of nitrogens with one attached hydrogen (secondary N) is 1. The molecule has 1 saturated heterocycles. The van der Waals surface area contributed by atoms with Crippen LogP contribution >= 0.6 is 0 Å². The van der Waals surface area contributed by atoms with E-state index in [4.69, 9.17) is 0 Å².